The molecule has 4 bridgehead atoms. The van der Waals surface area contributed by atoms with Crippen LogP contribution in [0.3, 0.4) is 0 Å². The van der Waals surface area contributed by atoms with Gasteiger partial charge in [-0.15, -0.1) is 0 Å². The van der Waals surface area contributed by atoms with E-state index in [-0.39, 0.29) is 36.1 Å². The number of carbonyl (C=O) groups is 2. The maximum absolute atomic E-state index is 13.8. The fourth-order valence-corrected chi connectivity index (χ4v) is 7.53. The van der Waals surface area contributed by atoms with E-state index in [1.807, 2.05) is 30.0 Å². The molecule has 1 aromatic carbocycles. The summed E-state index contributed by atoms with van der Waals surface area (Å²) in [5.74, 6) is 3.91. The molecule has 4 aliphatic carbocycles. The third-order valence-electron chi connectivity index (χ3n) is 8.56. The predicted molar refractivity (Wildman–Crippen MR) is 114 cm³/mol. The van der Waals surface area contributed by atoms with Crippen molar-refractivity contribution in [1.82, 2.24) is 10.2 Å². The molecular weight excluding hydrogens is 392 g/mol. The lowest BCUT2D eigenvalue weighted by atomic mass is 9.49. The van der Waals surface area contributed by atoms with Crippen LogP contribution in [0.25, 0.3) is 0 Å². The fraction of sp³-hybridized carbons (Fsp3) is 0.680. The number of nitrogens with one attached hydrogen (secondary N) is 1. The number of benzene rings is 1. The molecule has 2 unspecified atom stereocenters. The molecule has 4 saturated carbocycles. The molecule has 6 heteroatoms. The molecule has 0 radical (unpaired) electrons. The van der Waals surface area contributed by atoms with Gasteiger partial charge in [-0.3, -0.25) is 9.59 Å². The van der Waals surface area contributed by atoms with Gasteiger partial charge in [-0.1, -0.05) is 6.07 Å². The molecule has 166 valence electrons. The second-order valence-corrected chi connectivity index (χ2v) is 10.7. The number of amides is 2. The molecule has 2 heterocycles. The molecule has 6 nitrogen and oxygen atoms in total. The van der Waals surface area contributed by atoms with Gasteiger partial charge in [0.1, 0.15) is 6.04 Å². The molecule has 0 spiro atoms. The molecule has 2 atom stereocenters. The van der Waals surface area contributed by atoms with E-state index in [0.717, 1.165) is 73.5 Å². The molecule has 6 aliphatic rings. The Kier molecular flexibility index (Phi) is 4.48. The Morgan fingerprint density at radius 1 is 1.06 bits per heavy atom. The van der Waals surface area contributed by atoms with Crippen LogP contribution >= 0.6 is 0 Å². The Bertz CT molecular complexity index is 877. The van der Waals surface area contributed by atoms with Gasteiger partial charge in [-0.2, -0.15) is 0 Å². The maximum atomic E-state index is 13.8. The molecule has 2 amide bonds. The highest BCUT2D eigenvalue weighted by Gasteiger charge is 2.56. The van der Waals surface area contributed by atoms with E-state index in [4.69, 9.17) is 9.47 Å². The van der Waals surface area contributed by atoms with Crippen molar-refractivity contribution in [3.8, 4) is 11.5 Å². The number of carbonyl (C=O) groups excluding carboxylic acids is 2. The number of likely N-dealkylation sites (tertiary alicyclic amines) is 1. The minimum atomic E-state index is -0.336. The smallest absolute Gasteiger partial charge is 0.243 e. The zero-order valence-corrected chi connectivity index (χ0v) is 18.3. The van der Waals surface area contributed by atoms with Crippen molar-refractivity contribution in [1.29, 1.82) is 0 Å². The summed E-state index contributed by atoms with van der Waals surface area (Å²) in [4.78, 5) is 29.0. The van der Waals surface area contributed by atoms with Gasteiger partial charge in [0.25, 0.3) is 0 Å². The zero-order chi connectivity index (χ0) is 21.2. The van der Waals surface area contributed by atoms with Crippen LogP contribution in [0.15, 0.2) is 18.2 Å². The highest BCUT2D eigenvalue weighted by Crippen LogP contribution is 2.60. The first-order valence-electron chi connectivity index (χ1n) is 12.0. The summed E-state index contributed by atoms with van der Waals surface area (Å²) in [6, 6.07) is 5.29. The van der Waals surface area contributed by atoms with Crippen molar-refractivity contribution >= 4 is 11.8 Å². The van der Waals surface area contributed by atoms with Crippen LogP contribution in [0.1, 0.15) is 69.9 Å². The highest BCUT2D eigenvalue weighted by atomic mass is 16.7. The van der Waals surface area contributed by atoms with Crippen LogP contribution < -0.4 is 14.8 Å². The second kappa shape index (κ2) is 7.14. The van der Waals surface area contributed by atoms with Crippen molar-refractivity contribution in [3.05, 3.63) is 23.8 Å². The number of rotatable bonds is 4. The van der Waals surface area contributed by atoms with Crippen molar-refractivity contribution in [3.63, 3.8) is 0 Å². The molecule has 31 heavy (non-hydrogen) atoms. The molecule has 1 N–H and O–H groups in total. The fourth-order valence-electron chi connectivity index (χ4n) is 7.53. The van der Waals surface area contributed by atoms with Gasteiger partial charge in [0.05, 0.1) is 11.5 Å². The van der Waals surface area contributed by atoms with E-state index >= 15 is 0 Å². The van der Waals surface area contributed by atoms with Crippen molar-refractivity contribution in [2.75, 3.05) is 13.3 Å². The number of hydrogen-bond acceptors (Lipinski definition) is 4. The van der Waals surface area contributed by atoms with Crippen LogP contribution in [0.2, 0.25) is 0 Å². The minimum absolute atomic E-state index is 0.0271. The standard InChI is InChI=1S/C25H32N2O4/c1-15(19-4-5-21-22(10-19)31-14-30-21)26-23(28)20-3-2-6-27(20)24(29)25-11-16-7-17(12-25)9-18(8-16)13-25/h4-5,10,15-18,20H,2-3,6-9,11-14H2,1H3,(H,26,28). The van der Waals surface area contributed by atoms with E-state index in [9.17, 15) is 9.59 Å². The van der Waals surface area contributed by atoms with E-state index in [1.165, 1.54) is 19.3 Å². The summed E-state index contributed by atoms with van der Waals surface area (Å²) < 4.78 is 10.9. The van der Waals surface area contributed by atoms with Crippen LogP contribution in [0.5, 0.6) is 11.5 Å². The van der Waals surface area contributed by atoms with Gasteiger partial charge in [-0.25, -0.2) is 0 Å². The normalized spacial score (nSPS) is 36.0. The highest BCUT2D eigenvalue weighted by molar-refractivity contribution is 5.91. The van der Waals surface area contributed by atoms with Crippen molar-refractivity contribution in [2.45, 2.75) is 70.4 Å². The lowest BCUT2D eigenvalue weighted by Gasteiger charge is -2.56. The molecule has 5 fully saturated rings. The van der Waals surface area contributed by atoms with Gasteiger partial charge in [0.2, 0.25) is 18.6 Å². The molecular formula is C25H32N2O4. The Labute approximate surface area is 183 Å². The summed E-state index contributed by atoms with van der Waals surface area (Å²) in [5.41, 5.74) is 0.801. The molecule has 1 saturated heterocycles. The molecule has 0 aromatic heterocycles. The van der Waals surface area contributed by atoms with Crippen LogP contribution in [-0.2, 0) is 9.59 Å². The van der Waals surface area contributed by atoms with Gasteiger partial charge in [-0.05, 0) is 93.7 Å². The summed E-state index contributed by atoms with van der Waals surface area (Å²) >= 11 is 0. The Morgan fingerprint density at radius 3 is 2.45 bits per heavy atom. The third kappa shape index (κ3) is 3.21. The van der Waals surface area contributed by atoms with Crippen molar-refractivity contribution < 1.29 is 19.1 Å². The molecule has 7 rings (SSSR count). The average molecular weight is 425 g/mol. The monoisotopic (exact) mass is 424 g/mol. The number of ether oxygens (including phenoxy) is 2. The van der Waals surface area contributed by atoms with Crippen molar-refractivity contribution in [2.24, 2.45) is 23.2 Å². The Morgan fingerprint density at radius 2 is 1.74 bits per heavy atom. The van der Waals surface area contributed by atoms with E-state index in [0.29, 0.717) is 0 Å². The average Bonchev–Trinajstić information content (AvgIpc) is 3.41. The molecule has 2 aliphatic heterocycles. The summed E-state index contributed by atoms with van der Waals surface area (Å²) in [6.45, 7) is 2.94. The van der Waals surface area contributed by atoms with E-state index in [2.05, 4.69) is 5.32 Å². The maximum Gasteiger partial charge on any atom is 0.243 e. The summed E-state index contributed by atoms with van der Waals surface area (Å²) in [7, 11) is 0. The van der Waals surface area contributed by atoms with Crippen LogP contribution in [0.4, 0.5) is 0 Å². The van der Waals surface area contributed by atoms with Gasteiger partial charge >= 0.3 is 0 Å². The lowest BCUT2D eigenvalue weighted by molar-refractivity contribution is -0.160. The third-order valence-corrected chi connectivity index (χ3v) is 8.56. The lowest BCUT2D eigenvalue weighted by Crippen LogP contribution is -2.57. The minimum Gasteiger partial charge on any atom is -0.454 e. The van der Waals surface area contributed by atoms with E-state index < -0.39 is 0 Å². The number of fused-ring (bicyclic) bond motifs is 1. The second-order valence-electron chi connectivity index (χ2n) is 10.7. The number of hydrogen-bond donors (Lipinski definition) is 1. The first-order valence-corrected chi connectivity index (χ1v) is 12.0. The summed E-state index contributed by atoms with van der Waals surface area (Å²) in [5, 5.41) is 3.16. The first kappa shape index (κ1) is 19.4. The zero-order valence-electron chi connectivity index (χ0n) is 18.3. The molecule has 1 aromatic rings. The largest absolute Gasteiger partial charge is 0.454 e. The predicted octanol–water partition coefficient (Wildman–Crippen LogP) is 3.80. The van der Waals surface area contributed by atoms with Gasteiger partial charge < -0.3 is 19.7 Å². The summed E-state index contributed by atoms with van der Waals surface area (Å²) in [6.07, 6.45) is 8.80. The SMILES string of the molecule is CC(NC(=O)C1CCCN1C(=O)C12CC3CC(CC(C3)C1)C2)c1ccc2c(c1)OCO2. The van der Waals surface area contributed by atoms with Gasteiger partial charge in [0.15, 0.2) is 11.5 Å². The topological polar surface area (TPSA) is 67.9 Å². The van der Waals surface area contributed by atoms with Gasteiger partial charge in [0, 0.05) is 6.54 Å². The van der Waals surface area contributed by atoms with Crippen LogP contribution in [0, 0.1) is 23.2 Å². The Balaban J connectivity index is 1.16. The Hall–Kier alpha value is -2.24. The number of nitrogens with zero attached hydrogens (tertiary/aromatic N) is 1. The first-order chi connectivity index (χ1) is 15.0. The van der Waals surface area contributed by atoms with E-state index in [1.54, 1.807) is 0 Å². The quantitative estimate of drug-likeness (QED) is 0.798. The van der Waals surface area contributed by atoms with Crippen LogP contribution in [-0.4, -0.2) is 36.1 Å².